The minimum Gasteiger partial charge on any atom is -0.394 e. The Morgan fingerprint density at radius 2 is 1.52 bits per heavy atom. The van der Waals surface area contributed by atoms with Gasteiger partial charge in [-0.15, -0.1) is 0 Å². The van der Waals surface area contributed by atoms with Crippen LogP contribution < -0.4 is 11.2 Å². The monoisotopic (exact) mass is 648 g/mol. The maximum absolute atomic E-state index is 13.8. The van der Waals surface area contributed by atoms with Crippen molar-refractivity contribution in [1.82, 2.24) is 9.55 Å². The van der Waals surface area contributed by atoms with Crippen molar-refractivity contribution in [2.75, 3.05) is 13.2 Å². The van der Waals surface area contributed by atoms with Crippen molar-refractivity contribution < 1.29 is 85.4 Å². The van der Waals surface area contributed by atoms with E-state index in [2.05, 4.69) is 22.4 Å². The van der Waals surface area contributed by atoms with E-state index in [0.29, 0.717) is 4.57 Å². The highest BCUT2D eigenvalue weighted by molar-refractivity contribution is 7.66. The second-order valence-electron chi connectivity index (χ2n) is 8.18. The second kappa shape index (κ2) is 12.5. The summed E-state index contributed by atoms with van der Waals surface area (Å²) in [5.41, 5.74) is -1.84. The molecule has 2 fully saturated rings. The van der Waals surface area contributed by atoms with Crippen molar-refractivity contribution >= 4 is 23.5 Å². The number of phosphoric ester groups is 2. The van der Waals surface area contributed by atoms with Crippen LogP contribution in [0.3, 0.4) is 0 Å². The summed E-state index contributed by atoms with van der Waals surface area (Å²) in [5.74, 6) is 0. The van der Waals surface area contributed by atoms with Gasteiger partial charge >= 0.3 is 29.2 Å². The molecule has 9 N–H and O–H groups in total. The molecular formula is C15H24FN2O19P3. The molecule has 0 spiro atoms. The zero-order chi connectivity index (χ0) is 30.2. The van der Waals surface area contributed by atoms with E-state index in [1.807, 2.05) is 4.98 Å². The molecule has 12 atom stereocenters. The number of nitrogens with zero attached hydrogens (tertiary/aromatic N) is 1. The molecule has 3 rings (SSSR count). The van der Waals surface area contributed by atoms with Gasteiger partial charge < -0.3 is 49.7 Å². The number of phosphoric acid groups is 3. The number of aliphatic hydroxyl groups is 5. The van der Waals surface area contributed by atoms with Gasteiger partial charge in [-0.3, -0.25) is 23.4 Å². The van der Waals surface area contributed by atoms with Gasteiger partial charge in [0.05, 0.1) is 13.2 Å². The fourth-order valence-electron chi connectivity index (χ4n) is 3.47. The number of aliphatic hydroxyl groups excluding tert-OH is 5. The van der Waals surface area contributed by atoms with Crippen LogP contribution in [0.4, 0.5) is 4.39 Å². The van der Waals surface area contributed by atoms with Crippen molar-refractivity contribution in [3.05, 3.63) is 33.1 Å². The minimum atomic E-state index is -6.06. The van der Waals surface area contributed by atoms with Crippen LogP contribution in [0.1, 0.15) is 6.23 Å². The van der Waals surface area contributed by atoms with Gasteiger partial charge in [0.1, 0.15) is 36.6 Å². The van der Waals surface area contributed by atoms with Gasteiger partial charge in [-0.25, -0.2) is 22.9 Å². The Kier molecular flexibility index (Phi) is 10.4. The van der Waals surface area contributed by atoms with E-state index in [4.69, 9.17) is 9.84 Å². The molecule has 2 saturated heterocycles. The van der Waals surface area contributed by atoms with Crippen molar-refractivity contribution in [3.63, 3.8) is 0 Å². The summed E-state index contributed by atoms with van der Waals surface area (Å²) < 4.78 is 76.9. The Bertz CT molecular complexity index is 1310. The van der Waals surface area contributed by atoms with Gasteiger partial charge in [0.2, 0.25) is 0 Å². The summed E-state index contributed by atoms with van der Waals surface area (Å²) in [6, 6.07) is 0.887. The molecule has 2 aliphatic heterocycles. The quantitative estimate of drug-likeness (QED) is 0.104. The third kappa shape index (κ3) is 7.97. The maximum atomic E-state index is 13.8. The van der Waals surface area contributed by atoms with Crippen LogP contribution in [0.2, 0.25) is 0 Å². The average Bonchev–Trinajstić information content (AvgIpc) is 3.10. The SMILES string of the molecule is O=c1ccn([C@@H]2O[C@H](COP(=O)(O)OP(=O)(O)OP(=O)(O)O[C@H]3O[C@H](CO)[C@H](F)[C@H](O)[C@H]3O)[C@@H](O)[C@H]2O)c(=O)[nH]1. The molecule has 230 valence electrons. The highest BCUT2D eigenvalue weighted by Crippen LogP contribution is 2.68. The first-order valence-electron chi connectivity index (χ1n) is 10.7. The van der Waals surface area contributed by atoms with Gasteiger partial charge in [0, 0.05) is 12.3 Å². The standard InChI is InChI=1S/C15H24FN2O19P3/c16-8-5(3-19)34-14(12(24)10(8)22)35-39(28,29)37-40(30,31)36-38(26,27)32-4-6-9(21)11(23)13(33-6)18-2-1-7(20)17-15(18)25/h1-2,5-6,8-14,19,21-24H,3-4H2,(H,26,27)(H,28,29)(H,30,31)(H,17,20,25)/t5-,6-,8+,9-,10+,11-,12-,13-,14-/m1/s1. The summed E-state index contributed by atoms with van der Waals surface area (Å²) in [6.07, 6.45) is -17.4. The van der Waals surface area contributed by atoms with Gasteiger partial charge in [-0.05, 0) is 0 Å². The number of hydrogen-bond acceptors (Lipinski definition) is 16. The predicted octanol–water partition coefficient (Wildman–Crippen LogP) is -3.70. The molecule has 2 aliphatic rings. The molecule has 1 aromatic heterocycles. The van der Waals surface area contributed by atoms with E-state index in [1.165, 1.54) is 0 Å². The third-order valence-electron chi connectivity index (χ3n) is 5.31. The van der Waals surface area contributed by atoms with E-state index < -0.39 is 103 Å². The van der Waals surface area contributed by atoms with Crippen LogP contribution >= 0.6 is 23.5 Å². The number of aromatic nitrogens is 2. The lowest BCUT2D eigenvalue weighted by atomic mass is 10.0. The molecule has 25 heteroatoms. The summed E-state index contributed by atoms with van der Waals surface area (Å²) in [6.45, 7) is -2.24. The molecule has 3 heterocycles. The van der Waals surface area contributed by atoms with E-state index in [0.717, 1.165) is 12.3 Å². The highest BCUT2D eigenvalue weighted by atomic mass is 31.3. The smallest absolute Gasteiger partial charge is 0.394 e. The zero-order valence-corrected chi connectivity index (χ0v) is 22.2. The fourth-order valence-corrected chi connectivity index (χ4v) is 7.06. The van der Waals surface area contributed by atoms with Gasteiger partial charge in [-0.2, -0.15) is 8.62 Å². The van der Waals surface area contributed by atoms with Gasteiger partial charge in [0.25, 0.3) is 5.56 Å². The first-order chi connectivity index (χ1) is 18.4. The Labute approximate surface area is 220 Å². The number of hydrogen-bond donors (Lipinski definition) is 9. The number of ether oxygens (including phenoxy) is 2. The molecule has 0 aromatic carbocycles. The summed E-state index contributed by atoms with van der Waals surface area (Å²) in [7, 11) is -17.7. The minimum absolute atomic E-state index is 0.668. The number of aromatic amines is 1. The lowest BCUT2D eigenvalue weighted by Gasteiger charge is -2.38. The van der Waals surface area contributed by atoms with E-state index in [1.54, 1.807) is 0 Å². The summed E-state index contributed by atoms with van der Waals surface area (Å²) in [4.78, 5) is 54.0. The molecule has 0 saturated carbocycles. The molecular weight excluding hydrogens is 624 g/mol. The molecule has 3 unspecified atom stereocenters. The molecule has 21 nitrogen and oxygen atoms in total. The molecule has 0 aliphatic carbocycles. The molecule has 1 aromatic rings. The van der Waals surface area contributed by atoms with Crippen LogP contribution in [-0.4, -0.2) is 112 Å². The number of H-pyrrole nitrogens is 1. The van der Waals surface area contributed by atoms with Crippen molar-refractivity contribution in [3.8, 4) is 0 Å². The Morgan fingerprint density at radius 1 is 0.900 bits per heavy atom. The fraction of sp³-hybridized carbons (Fsp3) is 0.733. The van der Waals surface area contributed by atoms with Crippen LogP contribution in [0.25, 0.3) is 0 Å². The summed E-state index contributed by atoms with van der Waals surface area (Å²) in [5, 5.41) is 48.6. The maximum Gasteiger partial charge on any atom is 0.490 e. The normalized spacial score (nSPS) is 37.4. The first kappa shape index (κ1) is 33.2. The van der Waals surface area contributed by atoms with E-state index in [-0.39, 0.29) is 0 Å². The van der Waals surface area contributed by atoms with Gasteiger partial charge in [0.15, 0.2) is 18.7 Å². The van der Waals surface area contributed by atoms with Crippen molar-refractivity contribution in [1.29, 1.82) is 0 Å². The second-order valence-corrected chi connectivity index (χ2v) is 12.8. The number of alkyl halides is 1. The Morgan fingerprint density at radius 3 is 2.12 bits per heavy atom. The summed E-state index contributed by atoms with van der Waals surface area (Å²) >= 11 is 0. The lowest BCUT2D eigenvalue weighted by Crippen LogP contribution is -2.57. The first-order valence-corrected chi connectivity index (χ1v) is 15.2. The van der Waals surface area contributed by atoms with Crippen LogP contribution in [-0.2, 0) is 40.8 Å². The average molecular weight is 648 g/mol. The Balaban J connectivity index is 1.60. The number of nitrogens with one attached hydrogen (secondary N) is 1. The zero-order valence-electron chi connectivity index (χ0n) is 19.5. The van der Waals surface area contributed by atoms with Crippen LogP contribution in [0.15, 0.2) is 21.9 Å². The predicted molar refractivity (Wildman–Crippen MR) is 119 cm³/mol. The van der Waals surface area contributed by atoms with Crippen molar-refractivity contribution in [2.24, 2.45) is 0 Å². The van der Waals surface area contributed by atoms with Crippen LogP contribution in [0, 0.1) is 0 Å². The molecule has 40 heavy (non-hydrogen) atoms. The van der Waals surface area contributed by atoms with Gasteiger partial charge in [-0.1, -0.05) is 0 Å². The topological polar surface area (TPSA) is 323 Å². The van der Waals surface area contributed by atoms with Crippen LogP contribution in [0.5, 0.6) is 0 Å². The number of halogens is 1. The Hall–Kier alpha value is -1.26. The molecule has 0 bridgehead atoms. The van der Waals surface area contributed by atoms with E-state index >= 15 is 0 Å². The number of rotatable bonds is 11. The lowest BCUT2D eigenvalue weighted by molar-refractivity contribution is -0.268. The molecule has 0 amide bonds. The third-order valence-corrected chi connectivity index (χ3v) is 9.56. The van der Waals surface area contributed by atoms with Crippen molar-refractivity contribution in [2.45, 2.75) is 55.3 Å². The highest BCUT2D eigenvalue weighted by Gasteiger charge is 2.51. The van der Waals surface area contributed by atoms with E-state index in [9.17, 15) is 62.8 Å². The molecule has 0 radical (unpaired) electrons. The largest absolute Gasteiger partial charge is 0.490 e.